The fourth-order valence-corrected chi connectivity index (χ4v) is 5.96. The number of halogens is 4. The third-order valence-corrected chi connectivity index (χ3v) is 8.75. The Morgan fingerprint density at radius 2 is 1.86 bits per heavy atom. The molecule has 1 aliphatic carbocycles. The van der Waals surface area contributed by atoms with Crippen LogP contribution in [-0.2, 0) is 14.9 Å². The Hall–Kier alpha value is -1.58. The van der Waals surface area contributed by atoms with Gasteiger partial charge in [0.1, 0.15) is 4.90 Å². The first-order chi connectivity index (χ1) is 16.6. The van der Waals surface area contributed by atoms with E-state index in [2.05, 4.69) is 10.8 Å². The largest absolute Gasteiger partial charge is 0.351 e. The highest BCUT2D eigenvalue weighted by atomic mass is 127. The fourth-order valence-electron chi connectivity index (χ4n) is 3.55. The van der Waals surface area contributed by atoms with Gasteiger partial charge in [0.2, 0.25) is 10.0 Å². The molecule has 1 amide bonds. The van der Waals surface area contributed by atoms with E-state index < -0.39 is 43.7 Å². The van der Waals surface area contributed by atoms with E-state index in [4.69, 9.17) is 16.4 Å². The molecule has 2 aromatic rings. The number of nitrogens with zero attached hydrogens (tertiary/aromatic N) is 2. The second-order valence-electron chi connectivity index (χ2n) is 8.57. The van der Waals surface area contributed by atoms with Crippen molar-refractivity contribution in [2.45, 2.75) is 17.7 Å². The van der Waals surface area contributed by atoms with Gasteiger partial charge in [-0.1, -0.05) is 11.6 Å². The molecule has 13 heteroatoms. The average Bonchev–Trinajstić information content (AvgIpc) is 3.63. The molecule has 0 aromatic heterocycles. The summed E-state index contributed by atoms with van der Waals surface area (Å²) in [6, 6.07) is 5.67. The number of carbonyl (C=O) groups excluding carboxylic acids is 1. The predicted octanol–water partition coefficient (Wildman–Crippen LogP) is 3.97. The number of likely N-dealkylation sites (N-methyl/N-ethyl adjacent to an activating group) is 1. The molecule has 0 spiro atoms. The Labute approximate surface area is 221 Å². The van der Waals surface area contributed by atoms with Crippen molar-refractivity contribution >= 4 is 61.5 Å². The molecule has 2 aromatic carbocycles. The summed E-state index contributed by atoms with van der Waals surface area (Å²) in [6.45, 7) is 1.38. The molecule has 190 valence electrons. The topological polar surface area (TPSA) is 91.0 Å². The van der Waals surface area contributed by atoms with Crippen LogP contribution in [0.15, 0.2) is 29.2 Å². The zero-order chi connectivity index (χ0) is 25.3. The zero-order valence-electron chi connectivity index (χ0n) is 18.8. The minimum atomic E-state index is -4.41. The van der Waals surface area contributed by atoms with Gasteiger partial charge in [-0.3, -0.25) is 9.63 Å². The molecule has 1 aliphatic heterocycles. The maximum atomic E-state index is 15.4. The van der Waals surface area contributed by atoms with Crippen LogP contribution in [0.25, 0.3) is 0 Å². The number of nitrogens with one attached hydrogen (secondary N) is 2. The first-order valence-electron chi connectivity index (χ1n) is 10.9. The van der Waals surface area contributed by atoms with Crippen molar-refractivity contribution in [3.05, 3.63) is 50.1 Å². The number of amides is 1. The molecular formula is C22H24ClF2IN4O4S. The van der Waals surface area contributed by atoms with Gasteiger partial charge in [0.05, 0.1) is 28.6 Å². The third kappa shape index (κ3) is 6.05. The van der Waals surface area contributed by atoms with Crippen LogP contribution >= 0.6 is 34.2 Å². The van der Waals surface area contributed by atoms with Crippen molar-refractivity contribution in [2.75, 3.05) is 45.2 Å². The second-order valence-corrected chi connectivity index (χ2v) is 12.1. The minimum Gasteiger partial charge on any atom is -0.351 e. The van der Waals surface area contributed by atoms with Gasteiger partial charge in [-0.2, -0.15) is 4.31 Å². The van der Waals surface area contributed by atoms with Crippen molar-refractivity contribution in [3.8, 4) is 0 Å². The minimum absolute atomic E-state index is 0.115. The fraction of sp³-hybridized carbons (Fsp3) is 0.409. The van der Waals surface area contributed by atoms with Crippen LogP contribution in [0.2, 0.25) is 5.02 Å². The van der Waals surface area contributed by atoms with E-state index in [0.717, 1.165) is 26.8 Å². The summed E-state index contributed by atoms with van der Waals surface area (Å²) in [4.78, 5) is 19.2. The number of sulfonamides is 1. The summed E-state index contributed by atoms with van der Waals surface area (Å²) in [6.07, 6.45) is 1.96. The van der Waals surface area contributed by atoms with Gasteiger partial charge in [0, 0.05) is 29.7 Å². The number of hydrogen-bond acceptors (Lipinski definition) is 6. The normalized spacial score (nSPS) is 17.4. The van der Waals surface area contributed by atoms with E-state index in [1.807, 2.05) is 34.5 Å². The molecular weight excluding hydrogens is 617 g/mol. The average molecular weight is 641 g/mol. The summed E-state index contributed by atoms with van der Waals surface area (Å²) < 4.78 is 59.0. The van der Waals surface area contributed by atoms with Gasteiger partial charge in [-0.05, 0) is 72.7 Å². The summed E-state index contributed by atoms with van der Waals surface area (Å²) in [5.41, 5.74) is 1.45. The van der Waals surface area contributed by atoms with E-state index in [1.54, 1.807) is 18.2 Å². The molecule has 0 radical (unpaired) electrons. The van der Waals surface area contributed by atoms with Crippen LogP contribution in [0.3, 0.4) is 0 Å². The van der Waals surface area contributed by atoms with E-state index in [0.29, 0.717) is 19.0 Å². The van der Waals surface area contributed by atoms with Gasteiger partial charge in [0.25, 0.3) is 5.91 Å². The quantitative estimate of drug-likeness (QED) is 0.335. The SMILES string of the molecule is CN1CCN(S(=O)(=O)c2cc(C(=O)NOCC3CC3)c(Nc3ccc(I)cc3Cl)c(F)c2F)CC1. The molecule has 2 N–H and O–H groups in total. The molecule has 4 rings (SSSR count). The molecule has 0 atom stereocenters. The monoisotopic (exact) mass is 640 g/mol. The zero-order valence-corrected chi connectivity index (χ0v) is 22.5. The maximum Gasteiger partial charge on any atom is 0.277 e. The molecule has 1 saturated heterocycles. The number of benzene rings is 2. The van der Waals surface area contributed by atoms with E-state index in [-0.39, 0.29) is 30.4 Å². The van der Waals surface area contributed by atoms with E-state index in [9.17, 15) is 13.2 Å². The Morgan fingerprint density at radius 1 is 1.17 bits per heavy atom. The van der Waals surface area contributed by atoms with E-state index in [1.165, 1.54) is 0 Å². The molecule has 2 aliphatic rings. The summed E-state index contributed by atoms with van der Waals surface area (Å²) in [5, 5.41) is 2.86. The van der Waals surface area contributed by atoms with Crippen LogP contribution in [0.5, 0.6) is 0 Å². The number of anilines is 2. The van der Waals surface area contributed by atoms with Crippen LogP contribution in [0.1, 0.15) is 23.2 Å². The van der Waals surface area contributed by atoms with Crippen molar-refractivity contribution in [3.63, 3.8) is 0 Å². The molecule has 0 bridgehead atoms. The summed E-state index contributed by atoms with van der Waals surface area (Å²) in [5.74, 6) is -3.68. The van der Waals surface area contributed by atoms with Crippen molar-refractivity contribution in [1.82, 2.24) is 14.7 Å². The first kappa shape index (κ1) is 26.5. The van der Waals surface area contributed by atoms with Crippen molar-refractivity contribution in [1.29, 1.82) is 0 Å². The second kappa shape index (κ2) is 10.8. The number of hydroxylamine groups is 1. The Kier molecular flexibility index (Phi) is 8.18. The lowest BCUT2D eigenvalue weighted by Crippen LogP contribution is -2.47. The standard InChI is InChI=1S/C22H24ClF2IN4O4S/c1-29-6-8-30(9-7-29)35(32,33)18-11-15(22(31)28-34-12-13-2-3-13)21(20(25)19(18)24)27-17-5-4-14(26)10-16(17)23/h4-5,10-11,13,27H,2-3,6-9,12H2,1H3,(H,28,31). The molecule has 35 heavy (non-hydrogen) atoms. The maximum absolute atomic E-state index is 15.4. The molecule has 1 saturated carbocycles. The number of carbonyl (C=O) groups is 1. The molecule has 0 unspecified atom stereocenters. The van der Waals surface area contributed by atoms with E-state index >= 15 is 8.78 Å². The highest BCUT2D eigenvalue weighted by Gasteiger charge is 2.34. The summed E-state index contributed by atoms with van der Waals surface area (Å²) >= 11 is 8.27. The highest BCUT2D eigenvalue weighted by molar-refractivity contribution is 14.1. The molecule has 2 fully saturated rings. The lowest BCUT2D eigenvalue weighted by Gasteiger charge is -2.31. The Balaban J connectivity index is 1.74. The Bertz CT molecular complexity index is 1240. The van der Waals surface area contributed by atoms with Gasteiger partial charge >= 0.3 is 0 Å². The number of rotatable bonds is 8. The van der Waals surface area contributed by atoms with Crippen LogP contribution in [0, 0.1) is 21.1 Å². The molecule has 8 nitrogen and oxygen atoms in total. The number of piperazine rings is 1. The number of hydrogen-bond donors (Lipinski definition) is 2. The third-order valence-electron chi connectivity index (χ3n) is 5.87. The molecule has 1 heterocycles. The predicted molar refractivity (Wildman–Crippen MR) is 136 cm³/mol. The first-order valence-corrected chi connectivity index (χ1v) is 13.8. The van der Waals surface area contributed by atoms with Crippen molar-refractivity contribution in [2.24, 2.45) is 5.92 Å². The Morgan fingerprint density at radius 3 is 2.49 bits per heavy atom. The van der Waals surface area contributed by atoms with Crippen LogP contribution in [0.4, 0.5) is 20.2 Å². The van der Waals surface area contributed by atoms with Crippen molar-refractivity contribution < 1.29 is 26.8 Å². The van der Waals surface area contributed by atoms with Gasteiger partial charge in [0.15, 0.2) is 11.6 Å². The van der Waals surface area contributed by atoms with Crippen LogP contribution < -0.4 is 10.8 Å². The highest BCUT2D eigenvalue weighted by Crippen LogP contribution is 2.35. The smallest absolute Gasteiger partial charge is 0.277 e. The van der Waals surface area contributed by atoms with Gasteiger partial charge < -0.3 is 10.2 Å². The van der Waals surface area contributed by atoms with Crippen LogP contribution in [-0.4, -0.2) is 63.4 Å². The summed E-state index contributed by atoms with van der Waals surface area (Å²) in [7, 11) is -2.57. The lowest BCUT2D eigenvalue weighted by molar-refractivity contribution is 0.0270. The van der Waals surface area contributed by atoms with Gasteiger partial charge in [-0.25, -0.2) is 22.7 Å². The lowest BCUT2D eigenvalue weighted by atomic mass is 10.1. The van der Waals surface area contributed by atoms with Gasteiger partial charge in [-0.15, -0.1) is 0 Å².